The average molecular weight is 651 g/mol. The number of rotatable bonds is 10. The predicted molar refractivity (Wildman–Crippen MR) is 171 cm³/mol. The van der Waals surface area contributed by atoms with Gasteiger partial charge in [-0.2, -0.15) is 18.3 Å². The Morgan fingerprint density at radius 1 is 1.02 bits per heavy atom. The lowest BCUT2D eigenvalue weighted by Crippen LogP contribution is -2.38. The van der Waals surface area contributed by atoms with E-state index < -0.39 is 17.7 Å². The monoisotopic (exact) mass is 650 g/mol. The minimum absolute atomic E-state index is 0.0671. The number of likely N-dealkylation sites (tertiary alicyclic amines) is 1. The summed E-state index contributed by atoms with van der Waals surface area (Å²) in [5.74, 6) is 0.165. The molecule has 4 aromatic rings. The summed E-state index contributed by atoms with van der Waals surface area (Å²) in [6, 6.07) is 11.4. The van der Waals surface area contributed by atoms with E-state index in [0.29, 0.717) is 46.7 Å². The molecule has 2 aliphatic rings. The van der Waals surface area contributed by atoms with E-state index in [2.05, 4.69) is 29.1 Å². The fourth-order valence-corrected chi connectivity index (χ4v) is 7.73. The topological polar surface area (TPSA) is 88.3 Å². The summed E-state index contributed by atoms with van der Waals surface area (Å²) in [6.07, 6.45) is 2.50. The molecular formula is C35H37F3N4O3S. The molecule has 0 radical (unpaired) electrons. The molecule has 1 saturated heterocycles. The van der Waals surface area contributed by atoms with Gasteiger partial charge in [-0.3, -0.25) is 4.79 Å². The molecule has 0 atom stereocenters. The Kier molecular flexibility index (Phi) is 9.05. The molecule has 0 bridgehead atoms. The molecule has 242 valence electrons. The maximum atomic E-state index is 14.2. The highest BCUT2D eigenvalue weighted by molar-refractivity contribution is 7.13. The minimum atomic E-state index is -4.51. The Morgan fingerprint density at radius 2 is 1.78 bits per heavy atom. The Hall–Kier alpha value is -3.99. The number of nitrogens with zero attached hydrogens (tertiary/aromatic N) is 4. The molecule has 7 nitrogen and oxygen atoms in total. The zero-order valence-corrected chi connectivity index (χ0v) is 26.8. The zero-order chi connectivity index (χ0) is 32.6. The highest BCUT2D eigenvalue weighted by Crippen LogP contribution is 2.42. The summed E-state index contributed by atoms with van der Waals surface area (Å²) < 4.78 is 44.1. The van der Waals surface area contributed by atoms with E-state index >= 15 is 0 Å². The van der Waals surface area contributed by atoms with Gasteiger partial charge in [0.25, 0.3) is 0 Å². The van der Waals surface area contributed by atoms with Crippen molar-refractivity contribution in [3.05, 3.63) is 87.0 Å². The third-order valence-electron chi connectivity index (χ3n) is 9.24. The van der Waals surface area contributed by atoms with Crippen LogP contribution in [0.15, 0.2) is 48.0 Å². The number of alkyl halides is 3. The van der Waals surface area contributed by atoms with Crippen LogP contribution in [-0.4, -0.2) is 49.7 Å². The number of halogens is 3. The van der Waals surface area contributed by atoms with E-state index in [4.69, 9.17) is 0 Å². The highest BCUT2D eigenvalue weighted by Gasteiger charge is 2.37. The summed E-state index contributed by atoms with van der Waals surface area (Å²) in [5, 5.41) is 14.9. The van der Waals surface area contributed by atoms with Gasteiger partial charge >= 0.3 is 12.1 Å². The van der Waals surface area contributed by atoms with Crippen molar-refractivity contribution in [2.75, 3.05) is 13.1 Å². The number of aromatic nitrogens is 3. The zero-order valence-electron chi connectivity index (χ0n) is 25.9. The lowest BCUT2D eigenvalue weighted by atomic mass is 9.84. The number of hydrogen-bond donors (Lipinski definition) is 1. The van der Waals surface area contributed by atoms with Crippen LogP contribution in [0, 0.1) is 5.92 Å². The van der Waals surface area contributed by atoms with Gasteiger partial charge in [-0.1, -0.05) is 38.1 Å². The minimum Gasteiger partial charge on any atom is -0.478 e. The normalized spacial score (nSPS) is 15.8. The molecule has 1 aliphatic carbocycles. The van der Waals surface area contributed by atoms with Gasteiger partial charge in [0.15, 0.2) is 5.82 Å². The number of aromatic carboxylic acids is 1. The van der Waals surface area contributed by atoms with Crippen LogP contribution >= 0.6 is 11.3 Å². The Morgan fingerprint density at radius 3 is 2.43 bits per heavy atom. The van der Waals surface area contributed by atoms with Crippen molar-refractivity contribution in [1.82, 2.24) is 19.7 Å². The summed E-state index contributed by atoms with van der Waals surface area (Å²) in [7, 11) is 0. The van der Waals surface area contributed by atoms with Crippen molar-refractivity contribution in [3.8, 4) is 16.4 Å². The maximum Gasteiger partial charge on any atom is 0.417 e. The van der Waals surface area contributed by atoms with E-state index in [1.54, 1.807) is 18.2 Å². The number of carbonyl (C=O) groups is 2. The number of piperidine rings is 1. The van der Waals surface area contributed by atoms with Crippen LogP contribution in [-0.2, 0) is 36.7 Å². The number of amides is 1. The fraction of sp³-hybridized carbons (Fsp3) is 0.429. The van der Waals surface area contributed by atoms with Crippen molar-refractivity contribution in [1.29, 1.82) is 0 Å². The third kappa shape index (κ3) is 6.47. The molecule has 1 saturated carbocycles. The quantitative estimate of drug-likeness (QED) is 0.190. The van der Waals surface area contributed by atoms with Crippen LogP contribution in [0.2, 0.25) is 0 Å². The highest BCUT2D eigenvalue weighted by atomic mass is 32.1. The first-order chi connectivity index (χ1) is 22.1. The third-order valence-corrected chi connectivity index (χ3v) is 10.3. The molecule has 1 aromatic carbocycles. The number of carboxylic acids is 1. The largest absolute Gasteiger partial charge is 0.478 e. The van der Waals surface area contributed by atoms with Crippen LogP contribution < -0.4 is 0 Å². The van der Waals surface area contributed by atoms with Gasteiger partial charge in [0, 0.05) is 24.4 Å². The summed E-state index contributed by atoms with van der Waals surface area (Å²) in [4.78, 5) is 31.3. The lowest BCUT2D eigenvalue weighted by molar-refractivity contribution is -0.138. The van der Waals surface area contributed by atoms with Crippen molar-refractivity contribution < 1.29 is 27.9 Å². The number of carboxylic acid groups (broad SMARTS) is 1. The summed E-state index contributed by atoms with van der Waals surface area (Å²) in [6.45, 7) is 5.48. The van der Waals surface area contributed by atoms with Gasteiger partial charge in [-0.15, -0.1) is 11.3 Å². The second-order valence-electron chi connectivity index (χ2n) is 12.2. The van der Waals surface area contributed by atoms with E-state index in [1.807, 2.05) is 17.9 Å². The van der Waals surface area contributed by atoms with Crippen LogP contribution in [0.5, 0.6) is 0 Å². The first-order valence-corrected chi connectivity index (χ1v) is 16.8. The lowest BCUT2D eigenvalue weighted by Gasteiger charge is -2.33. The van der Waals surface area contributed by atoms with Crippen LogP contribution in [0.3, 0.4) is 0 Å². The second-order valence-corrected chi connectivity index (χ2v) is 13.1. The Bertz CT molecular complexity index is 1750. The van der Waals surface area contributed by atoms with Crippen molar-refractivity contribution in [2.24, 2.45) is 5.92 Å². The number of aryl methyl sites for hydroxylation is 2. The van der Waals surface area contributed by atoms with Crippen LogP contribution in [0.1, 0.15) is 89.3 Å². The Labute approximate surface area is 270 Å². The Balaban J connectivity index is 1.23. The maximum absolute atomic E-state index is 14.2. The van der Waals surface area contributed by atoms with Gasteiger partial charge in [0.05, 0.1) is 28.0 Å². The molecule has 1 aliphatic heterocycles. The number of carbonyl (C=O) groups excluding carboxylic acids is 1. The van der Waals surface area contributed by atoms with Gasteiger partial charge in [-0.25, -0.2) is 14.5 Å². The standard InChI is InChI=1S/C35H37F3N4O3S/c1-3-22-18-21(8-12-25(22)23-14-16-41(17-15-23)33(43)24-10-11-24)9-13-26-28(35(36,37)38)20-46-32(26)29-6-5-7-31(40-29)42-30(4-2)27(19-39-42)34(44)45/h5-8,12,18-20,23-24H,3-4,9-11,13-17H2,1-2H3,(H,44,45). The molecule has 0 unspecified atom stereocenters. The molecule has 11 heteroatoms. The molecule has 3 aromatic heterocycles. The van der Waals surface area contributed by atoms with Gasteiger partial charge in [0.2, 0.25) is 5.91 Å². The van der Waals surface area contributed by atoms with Gasteiger partial charge in [-0.05, 0) is 91.7 Å². The van der Waals surface area contributed by atoms with Crippen molar-refractivity contribution in [2.45, 2.75) is 77.3 Å². The average Bonchev–Trinajstić information content (AvgIpc) is 3.65. The summed E-state index contributed by atoms with van der Waals surface area (Å²) >= 11 is 1.02. The van der Waals surface area contributed by atoms with Crippen molar-refractivity contribution in [3.63, 3.8) is 0 Å². The van der Waals surface area contributed by atoms with Crippen LogP contribution in [0.25, 0.3) is 16.4 Å². The SMILES string of the molecule is CCc1cc(CCc2c(C(F)(F)F)csc2-c2cccc(-n3ncc(C(=O)O)c3CC)n2)ccc1C1CCN(C(=O)C2CC2)CC1. The number of thiophene rings is 1. The van der Waals surface area contributed by atoms with Crippen molar-refractivity contribution >= 4 is 23.2 Å². The smallest absolute Gasteiger partial charge is 0.417 e. The van der Waals surface area contributed by atoms with E-state index in [9.17, 15) is 27.9 Å². The molecule has 2 fully saturated rings. The molecule has 46 heavy (non-hydrogen) atoms. The second kappa shape index (κ2) is 13.0. The van der Waals surface area contributed by atoms with Gasteiger partial charge < -0.3 is 10.0 Å². The number of hydrogen-bond acceptors (Lipinski definition) is 5. The number of benzene rings is 1. The van der Waals surface area contributed by atoms with Gasteiger partial charge in [0.1, 0.15) is 5.56 Å². The first-order valence-electron chi connectivity index (χ1n) is 15.9. The molecule has 1 amide bonds. The molecule has 6 rings (SSSR count). The van der Waals surface area contributed by atoms with E-state index in [1.165, 1.54) is 22.0 Å². The first kappa shape index (κ1) is 32.0. The van der Waals surface area contributed by atoms with E-state index in [-0.39, 0.29) is 23.5 Å². The molecule has 1 N–H and O–H groups in total. The fourth-order valence-electron chi connectivity index (χ4n) is 6.63. The molecular weight excluding hydrogens is 613 g/mol. The number of pyridine rings is 1. The molecule has 4 heterocycles. The predicted octanol–water partition coefficient (Wildman–Crippen LogP) is 7.74. The van der Waals surface area contributed by atoms with Crippen LogP contribution in [0.4, 0.5) is 13.2 Å². The molecule has 0 spiro atoms. The summed E-state index contributed by atoms with van der Waals surface area (Å²) in [5.41, 5.74) is 3.96. The van der Waals surface area contributed by atoms with E-state index in [0.717, 1.165) is 67.5 Å².